The van der Waals surface area contributed by atoms with Crippen molar-refractivity contribution in [2.24, 2.45) is 5.10 Å². The molecular weight excluding hydrogens is 390 g/mol. The third kappa shape index (κ3) is 6.58. The molecule has 0 spiro atoms. The third-order valence-electron chi connectivity index (χ3n) is 3.78. The number of amides is 1. The number of rotatable bonds is 9. The van der Waals surface area contributed by atoms with E-state index in [4.69, 9.17) is 15.2 Å². The Kier molecular flexibility index (Phi) is 7.12. The first-order valence-corrected chi connectivity index (χ1v) is 9.73. The molecule has 150 valence electrons. The molecule has 0 saturated heterocycles. The molecular formula is C20H21N5O3S. The van der Waals surface area contributed by atoms with E-state index in [-0.39, 0.29) is 12.3 Å². The zero-order chi connectivity index (χ0) is 20.5. The lowest BCUT2D eigenvalue weighted by atomic mass is 10.2. The smallest absolute Gasteiger partial charge is 0.247 e. The molecule has 0 bridgehead atoms. The van der Waals surface area contributed by atoms with Gasteiger partial charge in [-0.25, -0.2) is 5.43 Å². The van der Waals surface area contributed by atoms with Gasteiger partial charge in [-0.05, 0) is 48.4 Å². The molecule has 8 nitrogen and oxygen atoms in total. The fourth-order valence-corrected chi connectivity index (χ4v) is 2.98. The minimum absolute atomic E-state index is 0.0869. The Labute approximate surface area is 172 Å². The number of hydrazone groups is 1. The zero-order valence-corrected chi connectivity index (χ0v) is 16.7. The van der Waals surface area contributed by atoms with Crippen molar-refractivity contribution in [3.63, 3.8) is 0 Å². The molecule has 1 aromatic heterocycles. The molecule has 2 aromatic carbocycles. The Morgan fingerprint density at radius 1 is 1.14 bits per heavy atom. The van der Waals surface area contributed by atoms with Crippen LogP contribution in [-0.4, -0.2) is 35.5 Å². The molecule has 1 heterocycles. The number of hydrogen-bond donors (Lipinski definition) is 2. The Morgan fingerprint density at radius 2 is 1.90 bits per heavy atom. The number of anilines is 1. The molecule has 9 heteroatoms. The van der Waals surface area contributed by atoms with Gasteiger partial charge in [0.25, 0.3) is 0 Å². The van der Waals surface area contributed by atoms with Crippen molar-refractivity contribution in [2.75, 3.05) is 18.9 Å². The number of nitrogen functional groups attached to an aromatic ring is 1. The maximum absolute atomic E-state index is 11.8. The standard InChI is InChI=1S/C20H21N5O3S/c1-14-4-2-3-5-17(14)28-11-10-27-16-8-6-15(7-9-16)13-22-23-18(26)12-19-24-25-20(21)29-19/h2-9,13H,10-12H2,1H3,(H2,21,25)(H,23,26)/b22-13-. The van der Waals surface area contributed by atoms with E-state index in [0.29, 0.717) is 23.4 Å². The molecule has 0 atom stereocenters. The van der Waals surface area contributed by atoms with Crippen LogP contribution in [0.2, 0.25) is 0 Å². The average molecular weight is 411 g/mol. The van der Waals surface area contributed by atoms with Gasteiger partial charge in [-0.15, -0.1) is 10.2 Å². The second kappa shape index (κ2) is 10.2. The largest absolute Gasteiger partial charge is 0.490 e. The summed E-state index contributed by atoms with van der Waals surface area (Å²) in [6, 6.07) is 15.2. The maximum Gasteiger partial charge on any atom is 0.247 e. The third-order valence-corrected chi connectivity index (χ3v) is 4.53. The van der Waals surface area contributed by atoms with Gasteiger partial charge in [-0.3, -0.25) is 4.79 Å². The highest BCUT2D eigenvalue weighted by molar-refractivity contribution is 7.15. The average Bonchev–Trinajstić information content (AvgIpc) is 3.12. The highest BCUT2D eigenvalue weighted by Gasteiger charge is 2.07. The van der Waals surface area contributed by atoms with Crippen LogP contribution in [0.5, 0.6) is 11.5 Å². The number of nitrogens with one attached hydrogen (secondary N) is 1. The van der Waals surface area contributed by atoms with E-state index in [1.54, 1.807) is 6.21 Å². The van der Waals surface area contributed by atoms with Crippen molar-refractivity contribution >= 4 is 28.6 Å². The van der Waals surface area contributed by atoms with E-state index < -0.39 is 0 Å². The first-order valence-electron chi connectivity index (χ1n) is 8.91. The van der Waals surface area contributed by atoms with Crippen LogP contribution < -0.4 is 20.6 Å². The molecule has 3 N–H and O–H groups in total. The van der Waals surface area contributed by atoms with E-state index in [0.717, 1.165) is 22.6 Å². The van der Waals surface area contributed by atoms with Crippen molar-refractivity contribution in [3.8, 4) is 11.5 Å². The SMILES string of the molecule is Cc1ccccc1OCCOc1ccc(/C=N\NC(=O)Cc2nnc(N)s2)cc1. The van der Waals surface area contributed by atoms with Crippen LogP contribution in [0.4, 0.5) is 5.13 Å². The van der Waals surface area contributed by atoms with Crippen LogP contribution in [0.15, 0.2) is 53.6 Å². The van der Waals surface area contributed by atoms with E-state index in [1.807, 2.05) is 55.5 Å². The van der Waals surface area contributed by atoms with Crippen molar-refractivity contribution in [2.45, 2.75) is 13.3 Å². The number of carbonyl (C=O) groups is 1. The summed E-state index contributed by atoms with van der Waals surface area (Å²) in [5, 5.41) is 12.3. The molecule has 0 saturated carbocycles. The van der Waals surface area contributed by atoms with Crippen molar-refractivity contribution in [3.05, 3.63) is 64.7 Å². The first kappa shape index (κ1) is 20.3. The monoisotopic (exact) mass is 411 g/mol. The second-order valence-corrected chi connectivity index (χ2v) is 7.13. The van der Waals surface area contributed by atoms with Gasteiger partial charge in [0.15, 0.2) is 0 Å². The molecule has 1 amide bonds. The summed E-state index contributed by atoms with van der Waals surface area (Å²) < 4.78 is 11.4. The molecule has 0 aliphatic heterocycles. The van der Waals surface area contributed by atoms with Crippen LogP contribution in [0.25, 0.3) is 0 Å². The molecule has 3 rings (SSSR count). The summed E-state index contributed by atoms with van der Waals surface area (Å²) in [4.78, 5) is 11.8. The van der Waals surface area contributed by atoms with Crippen LogP contribution in [0.3, 0.4) is 0 Å². The predicted octanol–water partition coefficient (Wildman–Crippen LogP) is 2.58. The van der Waals surface area contributed by atoms with E-state index in [1.165, 1.54) is 11.3 Å². The summed E-state index contributed by atoms with van der Waals surface area (Å²) in [7, 11) is 0. The number of carbonyl (C=O) groups excluding carboxylic acids is 1. The van der Waals surface area contributed by atoms with Crippen LogP contribution in [0, 0.1) is 6.92 Å². The maximum atomic E-state index is 11.8. The summed E-state index contributed by atoms with van der Waals surface area (Å²) in [6.07, 6.45) is 1.64. The molecule has 0 aliphatic carbocycles. The minimum atomic E-state index is -0.286. The van der Waals surface area contributed by atoms with Crippen LogP contribution in [0.1, 0.15) is 16.1 Å². The van der Waals surface area contributed by atoms with Crippen LogP contribution in [-0.2, 0) is 11.2 Å². The van der Waals surface area contributed by atoms with Crippen molar-refractivity contribution in [1.29, 1.82) is 0 Å². The summed E-state index contributed by atoms with van der Waals surface area (Å²) >= 11 is 1.17. The minimum Gasteiger partial charge on any atom is -0.490 e. The van der Waals surface area contributed by atoms with Gasteiger partial charge in [0.2, 0.25) is 11.0 Å². The number of para-hydroxylation sites is 1. The Hall–Kier alpha value is -3.46. The fraction of sp³-hybridized carbons (Fsp3) is 0.200. The number of aromatic nitrogens is 2. The van der Waals surface area contributed by atoms with Gasteiger partial charge in [-0.2, -0.15) is 5.10 Å². The normalized spacial score (nSPS) is 10.8. The number of nitrogens with zero attached hydrogens (tertiary/aromatic N) is 3. The lowest BCUT2D eigenvalue weighted by Gasteiger charge is -2.10. The highest BCUT2D eigenvalue weighted by atomic mass is 32.1. The fourth-order valence-electron chi connectivity index (χ4n) is 2.37. The molecule has 0 fully saturated rings. The number of hydrogen-bond acceptors (Lipinski definition) is 8. The zero-order valence-electron chi connectivity index (χ0n) is 15.9. The topological polar surface area (TPSA) is 112 Å². The summed E-state index contributed by atoms with van der Waals surface area (Å²) in [5.41, 5.74) is 9.85. The van der Waals surface area contributed by atoms with Gasteiger partial charge in [0.1, 0.15) is 29.7 Å². The van der Waals surface area contributed by atoms with E-state index in [9.17, 15) is 4.79 Å². The van der Waals surface area contributed by atoms with Gasteiger partial charge >= 0.3 is 0 Å². The number of benzene rings is 2. The molecule has 3 aromatic rings. The molecule has 0 radical (unpaired) electrons. The predicted molar refractivity (Wildman–Crippen MR) is 112 cm³/mol. The van der Waals surface area contributed by atoms with Gasteiger partial charge in [-0.1, -0.05) is 29.5 Å². The number of nitrogens with two attached hydrogens (primary N) is 1. The van der Waals surface area contributed by atoms with Crippen molar-refractivity contribution < 1.29 is 14.3 Å². The quantitative estimate of drug-likeness (QED) is 0.318. The molecule has 0 unspecified atom stereocenters. The van der Waals surface area contributed by atoms with Gasteiger partial charge in [0, 0.05) is 0 Å². The lowest BCUT2D eigenvalue weighted by Crippen LogP contribution is -2.19. The Bertz CT molecular complexity index is 972. The van der Waals surface area contributed by atoms with Gasteiger partial charge < -0.3 is 15.2 Å². The summed E-state index contributed by atoms with van der Waals surface area (Å²) in [5.74, 6) is 1.30. The second-order valence-electron chi connectivity index (χ2n) is 6.04. The Balaban J connectivity index is 1.38. The van der Waals surface area contributed by atoms with Crippen LogP contribution >= 0.6 is 11.3 Å². The lowest BCUT2D eigenvalue weighted by molar-refractivity contribution is -0.120. The number of aryl methyl sites for hydroxylation is 1. The van der Waals surface area contributed by atoms with Gasteiger partial charge in [0.05, 0.1) is 12.6 Å². The molecule has 0 aliphatic rings. The summed E-state index contributed by atoms with van der Waals surface area (Å²) in [6.45, 7) is 2.90. The highest BCUT2D eigenvalue weighted by Crippen LogP contribution is 2.16. The first-order chi connectivity index (χ1) is 14.1. The Morgan fingerprint density at radius 3 is 2.62 bits per heavy atom. The number of ether oxygens (including phenoxy) is 2. The van der Waals surface area contributed by atoms with E-state index >= 15 is 0 Å². The van der Waals surface area contributed by atoms with Crippen molar-refractivity contribution in [1.82, 2.24) is 15.6 Å². The molecule has 29 heavy (non-hydrogen) atoms. The van der Waals surface area contributed by atoms with E-state index in [2.05, 4.69) is 20.7 Å².